The summed E-state index contributed by atoms with van der Waals surface area (Å²) in [5, 5.41) is 54.6. The summed E-state index contributed by atoms with van der Waals surface area (Å²) in [6.07, 6.45) is 21.4. The number of hydrogen-bond donors (Lipinski definition) is 5. The van der Waals surface area contributed by atoms with E-state index >= 15 is 0 Å². The summed E-state index contributed by atoms with van der Waals surface area (Å²) in [5.74, 6) is 5.45. The zero-order chi connectivity index (χ0) is 67.5. The van der Waals surface area contributed by atoms with Crippen molar-refractivity contribution in [1.82, 2.24) is 18.8 Å². The molecule has 3 saturated heterocycles. The molecule has 3 heterocycles. The Labute approximate surface area is 665 Å². The van der Waals surface area contributed by atoms with Crippen LogP contribution in [0.4, 0.5) is 0 Å². The topological polar surface area (TPSA) is 264 Å². The number of ether oxygens (including phenoxy) is 1. The van der Waals surface area contributed by atoms with E-state index in [1.165, 1.54) is 60.3 Å². The van der Waals surface area contributed by atoms with Crippen molar-refractivity contribution in [2.45, 2.75) is 167 Å². The van der Waals surface area contributed by atoms with Gasteiger partial charge in [-0.05, 0) is 211 Å². The molecule has 93 heavy (non-hydrogen) atoms. The number of Topliss-reactive ketones (excluding diaryl/α,β-unsaturated/α-hetero) is 2. The van der Waals surface area contributed by atoms with E-state index in [1.54, 1.807) is 0 Å². The molecule has 3 aliphatic heterocycles. The van der Waals surface area contributed by atoms with E-state index in [0.717, 1.165) is 123 Å². The van der Waals surface area contributed by atoms with Gasteiger partial charge in [0.25, 0.3) is 6.47 Å². The molecule has 11 rings (SSSR count). The quantitative estimate of drug-likeness (QED) is 0.0358. The van der Waals surface area contributed by atoms with Crippen molar-refractivity contribution in [1.29, 1.82) is 0 Å². The molecule has 16 atom stereocenters. The number of nitrogens with one attached hydrogen (secondary N) is 1. The fourth-order valence-electron chi connectivity index (χ4n) is 20.2. The number of carbonyl (C=O) groups is 3. The Kier molecular flexibility index (Phi) is 36.7. The molecule has 34 heteroatoms. The molecule has 0 aromatic heterocycles. The minimum Gasteiger partial charge on any atom is -1.00 e. The molecule has 0 spiro atoms. The first-order valence-corrected chi connectivity index (χ1v) is 38.8. The van der Waals surface area contributed by atoms with Gasteiger partial charge in [-0.2, -0.15) is 8.61 Å². The number of sulfonamides is 2. The summed E-state index contributed by atoms with van der Waals surface area (Å²) in [7, 11) is 27.4. The Morgan fingerprint density at radius 3 is 1.39 bits per heavy atom. The minimum atomic E-state index is -3.16. The van der Waals surface area contributed by atoms with Crippen LogP contribution < -0.4 is 113 Å². The third-order valence-corrected chi connectivity index (χ3v) is 28.1. The number of aliphatic hydroxyl groups excluding tert-OH is 2. The SMILES string of the molecule is C1CCOC1.CS(=O)(=O)N1CCNCC1.C[C@@]1(O)CC[C@@]2(CO)[C@@H](CC[C@H]3[C@@H]4CC[C@H](C(=O)CBr)[C@@]4(C)CC[C@@H]32)C1.C[C@@]1(O)CC[C@@]2(CO)[C@@H](CC[C@H]3[C@@H]4CC[C@H](C(=O)CN5CCN(S(C)(=O)=O)CC5)[C@@]4(C)CC[C@@H]32)C1.O=CO[O-].[B][B]B([B])B(B([B])[B])B([B])[B].[H-].[K+].[K+]. The number of alkyl halides is 1. The molecule has 497 valence electrons. The summed E-state index contributed by atoms with van der Waals surface area (Å²) in [6, 6.07) is 0. The van der Waals surface area contributed by atoms with Gasteiger partial charge in [0.05, 0.1) is 35.6 Å². The van der Waals surface area contributed by atoms with Gasteiger partial charge in [-0.1, -0.05) is 29.8 Å². The van der Waals surface area contributed by atoms with Crippen LogP contribution in [-0.4, -0.2) is 262 Å². The van der Waals surface area contributed by atoms with E-state index in [1.807, 2.05) is 13.8 Å². The average molecular weight is 1430 g/mol. The van der Waals surface area contributed by atoms with E-state index in [0.29, 0.717) is 110 Å². The monoisotopic (exact) mass is 1430 g/mol. The molecule has 18 nitrogen and oxygen atoms in total. The van der Waals surface area contributed by atoms with Crippen LogP contribution in [0.2, 0.25) is 0 Å². The molecule has 0 aromatic rings. The number of piperazine rings is 2. The van der Waals surface area contributed by atoms with Crippen LogP contribution >= 0.6 is 15.9 Å². The molecule has 0 amide bonds. The van der Waals surface area contributed by atoms with Crippen LogP contribution in [0.3, 0.4) is 0 Å². The summed E-state index contributed by atoms with van der Waals surface area (Å²) in [4.78, 5) is 39.5. The van der Waals surface area contributed by atoms with Gasteiger partial charge in [0, 0.05) is 170 Å². The fraction of sp³-hybridized carbons (Fsp3) is 0.949. The van der Waals surface area contributed by atoms with E-state index in [4.69, 9.17) is 61.2 Å². The summed E-state index contributed by atoms with van der Waals surface area (Å²) in [5.41, 5.74) is -0.985. The third-order valence-electron chi connectivity index (χ3n) is 24.9. The molecule has 5 N–H and O–H groups in total. The normalized spacial score (nSPS) is 37.6. The number of fused-ring (bicyclic) bond motifs is 10. The Balaban J connectivity index is 0.000000340. The molecule has 11 aliphatic rings. The van der Waals surface area contributed by atoms with Crippen LogP contribution in [0.5, 0.6) is 0 Å². The van der Waals surface area contributed by atoms with Crippen molar-refractivity contribution >= 4 is 133 Å². The molecule has 0 unspecified atom stereocenters. The van der Waals surface area contributed by atoms with Gasteiger partial charge in [0.1, 0.15) is 11.6 Å². The Morgan fingerprint density at radius 1 is 0.656 bits per heavy atom. The molecule has 11 fully saturated rings. The van der Waals surface area contributed by atoms with E-state index in [-0.39, 0.29) is 164 Å². The number of rotatable bonds is 14. The van der Waals surface area contributed by atoms with E-state index < -0.39 is 50.4 Å². The maximum Gasteiger partial charge on any atom is 1.00 e. The molecular weight excluding hydrogens is 1330 g/mol. The van der Waals surface area contributed by atoms with Crippen molar-refractivity contribution in [3.63, 3.8) is 0 Å². The molecule has 8 aliphatic carbocycles. The van der Waals surface area contributed by atoms with Gasteiger partial charge in [-0.3, -0.25) is 19.3 Å². The summed E-state index contributed by atoms with van der Waals surface area (Å²) in [6.45, 7) is 16.4. The first-order chi connectivity index (χ1) is 42.7. The number of aliphatic hydroxyl groups is 4. The first-order valence-electron chi connectivity index (χ1n) is 33.9. The van der Waals surface area contributed by atoms with Crippen LogP contribution in [0, 0.1) is 80.8 Å². The van der Waals surface area contributed by atoms with Crippen LogP contribution in [-0.2, 0) is 44.1 Å². The molecule has 0 aromatic carbocycles. The van der Waals surface area contributed by atoms with E-state index in [2.05, 4.69) is 44.9 Å². The van der Waals surface area contributed by atoms with Gasteiger partial charge in [0.2, 0.25) is 20.0 Å². The van der Waals surface area contributed by atoms with Gasteiger partial charge in [0.15, 0.2) is 0 Å². The maximum absolute atomic E-state index is 13.6. The van der Waals surface area contributed by atoms with Gasteiger partial charge < -0.3 is 42.1 Å². The van der Waals surface area contributed by atoms with Crippen LogP contribution in [0.25, 0.3) is 0 Å². The fourth-order valence-corrected chi connectivity index (χ4v) is 22.2. The average Bonchev–Trinajstić information content (AvgIpc) is 1.38. The van der Waals surface area contributed by atoms with Crippen molar-refractivity contribution in [3.05, 3.63) is 0 Å². The van der Waals surface area contributed by atoms with Crippen LogP contribution in [0.1, 0.15) is 158 Å². The predicted molar refractivity (Wildman–Crippen MR) is 372 cm³/mol. The Morgan fingerprint density at radius 2 is 1.06 bits per heavy atom. The molecule has 0 bridgehead atoms. The van der Waals surface area contributed by atoms with Crippen molar-refractivity contribution in [2.75, 3.05) is 103 Å². The van der Waals surface area contributed by atoms with Gasteiger partial charge >= 0.3 is 103 Å². The number of ketones is 2. The van der Waals surface area contributed by atoms with Crippen molar-refractivity contribution in [3.8, 4) is 0 Å². The third kappa shape index (κ3) is 22.0. The standard InChI is InChI=1S/C27H46N2O5S.C22H35BrO3.C5H12N2O2S.C4H8O.CH2O3.B11.2K.H/c1-25(32)10-11-27(18-30)19(16-25)4-5-20-21-6-7-23(26(21,2)9-8-22(20)27)24(31)17-28-12-14-29(15-13-28)35(3,33)34;1-20(26)9-10-22(13-24)14(11-20)3-4-15-16-5-6-18(19(25)12-23)21(16,2)8-7-17(15)22;1-10(8,9)7-4-2-6-3-5-7;1-2-4-5-3-1;2-1-4-3;1-7-10(6)11(8(2)3)9(4)5;;;/h19-23,30,32H,4-18H2,1-3H3;14-18,24,26H,3-13H2,1-2H3;6H,2-5H2,1H3;1-4H2;1,3H;;;;/q;;;;;;2*+1;-1/p-1/t19-,20-,21-,22-,23+,25+,26-,27+;14-,15-,16-,17-,18+,20+,21-,22+;;;;;;;/m00......./s1. The number of nitrogens with zero attached hydrogens (tertiary/aromatic N) is 3. The zero-order valence-electron chi connectivity index (χ0n) is 58.7. The second-order valence-corrected chi connectivity index (χ2v) is 34.8. The van der Waals surface area contributed by atoms with Gasteiger partial charge in [-0.15, -0.1) is 0 Å². The largest absolute Gasteiger partial charge is 1.00 e. The number of halogens is 1. The molecular formula is C59H103B11BrK2N4O14S2. The second-order valence-electron chi connectivity index (χ2n) is 30.3. The smallest absolute Gasteiger partial charge is 1.00 e. The van der Waals surface area contributed by atoms with E-state index in [9.17, 15) is 46.9 Å². The summed E-state index contributed by atoms with van der Waals surface area (Å²) >= 11 is 3.40. The molecule has 13 radical (unpaired) electrons. The second kappa shape index (κ2) is 38.7. The molecule has 8 saturated carbocycles. The Bertz CT molecular complexity index is 2580. The number of carbonyl (C=O) groups excluding carboxylic acids is 3. The van der Waals surface area contributed by atoms with Crippen molar-refractivity contribution < 1.29 is 171 Å². The first kappa shape index (κ1) is 88.2. The maximum atomic E-state index is 13.6. The zero-order valence-corrected chi connectivity index (χ0v) is 67.1. The minimum absolute atomic E-state index is 0. The van der Waals surface area contributed by atoms with Crippen LogP contribution in [0.15, 0.2) is 0 Å². The predicted octanol–water partition coefficient (Wildman–Crippen LogP) is -5.14. The Hall–Kier alpha value is 2.78. The summed E-state index contributed by atoms with van der Waals surface area (Å²) < 4.78 is 53.3. The van der Waals surface area contributed by atoms with Gasteiger partial charge in [-0.25, -0.2) is 16.8 Å². The van der Waals surface area contributed by atoms with Crippen molar-refractivity contribution in [2.24, 2.45) is 80.8 Å². The number of hydrogen-bond acceptors (Lipinski definition) is 16.